The second-order valence-electron chi connectivity index (χ2n) is 6.07. The Morgan fingerprint density at radius 2 is 1.67 bits per heavy atom. The minimum absolute atomic E-state index is 0.0364. The largest absolute Gasteiger partial charge is 0.466 e. The number of carbonyl (C=O) groups is 2. The number of nitrogens with one attached hydrogen (secondary N) is 1. The summed E-state index contributed by atoms with van der Waals surface area (Å²) in [5.41, 5.74) is 5.29. The first-order chi connectivity index (χ1) is 10.1. The number of carbonyl (C=O) groups excluding carboxylic acids is 2. The van der Waals surface area contributed by atoms with Crippen LogP contribution in [0.1, 0.15) is 45.4 Å². The van der Waals surface area contributed by atoms with Crippen LogP contribution in [0.25, 0.3) is 0 Å². The molecule has 2 aliphatic rings. The molecule has 0 aromatic carbocycles. The maximum atomic E-state index is 11.7. The number of esters is 1. The molecule has 2 amide bonds. The molecule has 1 saturated carbocycles. The highest BCUT2D eigenvalue weighted by molar-refractivity contribution is 5.72. The summed E-state index contributed by atoms with van der Waals surface area (Å²) in [6, 6.07) is 0.633. The van der Waals surface area contributed by atoms with Crippen LogP contribution < -0.4 is 11.1 Å². The van der Waals surface area contributed by atoms with E-state index in [0.29, 0.717) is 18.7 Å². The molecule has 1 aliphatic carbocycles. The van der Waals surface area contributed by atoms with E-state index in [2.05, 4.69) is 5.32 Å². The smallest absolute Gasteiger partial charge is 0.314 e. The molecule has 6 heteroatoms. The Kier molecular flexibility index (Phi) is 5.85. The molecule has 0 aromatic heterocycles. The molecule has 1 aliphatic heterocycles. The fraction of sp³-hybridized carbons (Fsp3) is 0.867. The fourth-order valence-corrected chi connectivity index (χ4v) is 3.36. The molecule has 0 aromatic rings. The molecule has 0 radical (unpaired) electrons. The van der Waals surface area contributed by atoms with Crippen LogP contribution in [0.15, 0.2) is 0 Å². The van der Waals surface area contributed by atoms with Gasteiger partial charge in [0.2, 0.25) is 0 Å². The van der Waals surface area contributed by atoms with Gasteiger partial charge in [0.1, 0.15) is 0 Å². The Hall–Kier alpha value is -1.30. The van der Waals surface area contributed by atoms with Crippen LogP contribution in [0.4, 0.5) is 4.79 Å². The molecule has 21 heavy (non-hydrogen) atoms. The van der Waals surface area contributed by atoms with Crippen LogP contribution in [0, 0.1) is 5.92 Å². The van der Waals surface area contributed by atoms with E-state index in [-0.39, 0.29) is 17.9 Å². The predicted molar refractivity (Wildman–Crippen MR) is 79.7 cm³/mol. The Balaban J connectivity index is 1.67. The molecule has 0 atom stereocenters. The maximum absolute atomic E-state index is 11.7. The van der Waals surface area contributed by atoms with Crippen molar-refractivity contribution in [2.24, 2.45) is 11.7 Å². The molecule has 1 heterocycles. The van der Waals surface area contributed by atoms with E-state index in [1.54, 1.807) is 4.90 Å². The molecule has 2 fully saturated rings. The molecule has 0 spiro atoms. The fourth-order valence-electron chi connectivity index (χ4n) is 3.36. The van der Waals surface area contributed by atoms with E-state index in [1.165, 1.54) is 0 Å². The van der Waals surface area contributed by atoms with Gasteiger partial charge < -0.3 is 20.7 Å². The zero-order valence-electron chi connectivity index (χ0n) is 12.8. The van der Waals surface area contributed by atoms with E-state index in [9.17, 15) is 9.59 Å². The molecular weight excluding hydrogens is 270 g/mol. The summed E-state index contributed by atoms with van der Waals surface area (Å²) in [5.74, 6) is 0.0467. The number of urea groups is 1. The van der Waals surface area contributed by atoms with Gasteiger partial charge in [-0.25, -0.2) is 4.79 Å². The summed E-state index contributed by atoms with van der Waals surface area (Å²) < 4.78 is 5.09. The lowest BCUT2D eigenvalue weighted by Gasteiger charge is -2.35. The van der Waals surface area contributed by atoms with Crippen molar-refractivity contribution in [3.05, 3.63) is 0 Å². The lowest BCUT2D eigenvalue weighted by Crippen LogP contribution is -2.49. The third kappa shape index (κ3) is 4.59. The zero-order chi connectivity index (χ0) is 15.2. The molecule has 0 unspecified atom stereocenters. The molecule has 120 valence electrons. The summed E-state index contributed by atoms with van der Waals surface area (Å²) in [6.07, 6.45) is 5.80. The highest BCUT2D eigenvalue weighted by Crippen LogP contribution is 2.26. The van der Waals surface area contributed by atoms with Gasteiger partial charge in [0.05, 0.1) is 12.5 Å². The minimum atomic E-state index is -0.316. The van der Waals surface area contributed by atoms with Gasteiger partial charge in [-0.15, -0.1) is 0 Å². The van der Waals surface area contributed by atoms with Gasteiger partial charge in [-0.05, 0) is 45.4 Å². The number of piperidine rings is 1. The van der Waals surface area contributed by atoms with E-state index in [0.717, 1.165) is 51.6 Å². The quantitative estimate of drug-likeness (QED) is 0.765. The highest BCUT2D eigenvalue weighted by atomic mass is 16.5. The Morgan fingerprint density at radius 1 is 1.10 bits per heavy atom. The van der Waals surface area contributed by atoms with Crippen molar-refractivity contribution in [1.82, 2.24) is 10.2 Å². The standard InChI is InChI=1S/C15H27N3O3/c1-2-21-14(19)11-3-5-12(6-4-11)17-13-7-9-18(10-8-13)15(16)20/h11-13,17H,2-10H2,1H3,(H2,16,20). The molecule has 2 rings (SSSR count). The van der Waals surface area contributed by atoms with E-state index < -0.39 is 0 Å². The second kappa shape index (κ2) is 7.64. The summed E-state index contributed by atoms with van der Waals surface area (Å²) in [5, 5.41) is 3.68. The zero-order valence-corrected chi connectivity index (χ0v) is 12.8. The van der Waals surface area contributed by atoms with Gasteiger partial charge >= 0.3 is 12.0 Å². The molecule has 3 N–H and O–H groups in total. The SMILES string of the molecule is CCOC(=O)C1CCC(NC2CCN(C(N)=O)CC2)CC1. The van der Waals surface area contributed by atoms with E-state index in [1.807, 2.05) is 6.92 Å². The lowest BCUT2D eigenvalue weighted by atomic mass is 9.85. The predicted octanol–water partition coefficient (Wildman–Crippen LogP) is 1.24. The Morgan fingerprint density at radius 3 is 2.19 bits per heavy atom. The summed E-state index contributed by atoms with van der Waals surface area (Å²) in [6.45, 7) is 3.80. The van der Waals surface area contributed by atoms with Gasteiger partial charge in [0, 0.05) is 25.2 Å². The van der Waals surface area contributed by atoms with Crippen molar-refractivity contribution in [1.29, 1.82) is 0 Å². The van der Waals surface area contributed by atoms with Crippen molar-refractivity contribution in [3.8, 4) is 0 Å². The lowest BCUT2D eigenvalue weighted by molar-refractivity contribution is -0.149. The number of nitrogens with zero attached hydrogens (tertiary/aromatic N) is 1. The highest BCUT2D eigenvalue weighted by Gasteiger charge is 2.29. The number of likely N-dealkylation sites (tertiary alicyclic amines) is 1. The van der Waals surface area contributed by atoms with Gasteiger partial charge in [-0.2, -0.15) is 0 Å². The van der Waals surface area contributed by atoms with Crippen LogP contribution in [0.2, 0.25) is 0 Å². The van der Waals surface area contributed by atoms with Gasteiger partial charge in [0.25, 0.3) is 0 Å². The summed E-state index contributed by atoms with van der Waals surface area (Å²) in [4.78, 5) is 24.5. The summed E-state index contributed by atoms with van der Waals surface area (Å²) >= 11 is 0. The molecular formula is C15H27N3O3. The minimum Gasteiger partial charge on any atom is -0.466 e. The maximum Gasteiger partial charge on any atom is 0.314 e. The van der Waals surface area contributed by atoms with Crippen molar-refractivity contribution in [2.75, 3.05) is 19.7 Å². The number of hydrogen-bond donors (Lipinski definition) is 2. The monoisotopic (exact) mass is 297 g/mol. The number of hydrogen-bond acceptors (Lipinski definition) is 4. The normalized spacial score (nSPS) is 27.4. The van der Waals surface area contributed by atoms with Gasteiger partial charge in [0.15, 0.2) is 0 Å². The Labute approximate surface area is 126 Å². The van der Waals surface area contributed by atoms with Crippen LogP contribution in [0.5, 0.6) is 0 Å². The van der Waals surface area contributed by atoms with Crippen LogP contribution in [-0.2, 0) is 9.53 Å². The third-order valence-corrected chi connectivity index (χ3v) is 4.63. The average Bonchev–Trinajstić information content (AvgIpc) is 2.49. The van der Waals surface area contributed by atoms with E-state index in [4.69, 9.17) is 10.5 Å². The number of rotatable bonds is 4. The van der Waals surface area contributed by atoms with Gasteiger partial charge in [-0.3, -0.25) is 4.79 Å². The van der Waals surface area contributed by atoms with Gasteiger partial charge in [-0.1, -0.05) is 0 Å². The molecule has 0 bridgehead atoms. The number of amides is 2. The number of ether oxygens (including phenoxy) is 1. The first-order valence-electron chi connectivity index (χ1n) is 8.07. The number of nitrogens with two attached hydrogens (primary N) is 1. The van der Waals surface area contributed by atoms with Crippen molar-refractivity contribution < 1.29 is 14.3 Å². The van der Waals surface area contributed by atoms with Crippen molar-refractivity contribution >= 4 is 12.0 Å². The van der Waals surface area contributed by atoms with Crippen LogP contribution in [0.3, 0.4) is 0 Å². The van der Waals surface area contributed by atoms with Crippen molar-refractivity contribution in [3.63, 3.8) is 0 Å². The topological polar surface area (TPSA) is 84.7 Å². The number of primary amides is 1. The Bertz CT molecular complexity index is 359. The van der Waals surface area contributed by atoms with Crippen molar-refractivity contribution in [2.45, 2.75) is 57.5 Å². The van der Waals surface area contributed by atoms with E-state index >= 15 is 0 Å². The second-order valence-corrected chi connectivity index (χ2v) is 6.07. The van der Waals surface area contributed by atoms with Crippen LogP contribution in [-0.4, -0.2) is 48.7 Å². The molecule has 1 saturated heterocycles. The average molecular weight is 297 g/mol. The van der Waals surface area contributed by atoms with Crippen LogP contribution >= 0.6 is 0 Å². The first-order valence-corrected chi connectivity index (χ1v) is 8.07. The molecule has 6 nitrogen and oxygen atoms in total. The first kappa shape index (κ1) is 16.1. The summed E-state index contributed by atoms with van der Waals surface area (Å²) in [7, 11) is 0. The third-order valence-electron chi connectivity index (χ3n) is 4.63.